The van der Waals surface area contributed by atoms with Crippen molar-refractivity contribution in [3.8, 4) is 11.5 Å². The Morgan fingerprint density at radius 1 is 1.09 bits per heavy atom. The highest BCUT2D eigenvalue weighted by molar-refractivity contribution is 6.34. The average molecular weight is 333 g/mol. The van der Waals surface area contributed by atoms with Crippen molar-refractivity contribution in [2.75, 3.05) is 14.2 Å². The van der Waals surface area contributed by atoms with Crippen LogP contribution in [0, 0.1) is 0 Å². The molecule has 0 saturated heterocycles. The summed E-state index contributed by atoms with van der Waals surface area (Å²) in [6.07, 6.45) is 0. The summed E-state index contributed by atoms with van der Waals surface area (Å²) in [5.74, 6) is 0.684. The van der Waals surface area contributed by atoms with Gasteiger partial charge >= 0.3 is 0 Å². The molecule has 2 rings (SSSR count). The van der Waals surface area contributed by atoms with Crippen LogP contribution in [0.2, 0.25) is 5.02 Å². The molecule has 0 heterocycles. The monoisotopic (exact) mass is 332 g/mol. The van der Waals surface area contributed by atoms with Crippen LogP contribution in [0.1, 0.15) is 22.8 Å². The number of halogens is 1. The van der Waals surface area contributed by atoms with Crippen molar-refractivity contribution in [3.63, 3.8) is 0 Å². The fourth-order valence-corrected chi connectivity index (χ4v) is 2.26. The third-order valence-corrected chi connectivity index (χ3v) is 3.56. The van der Waals surface area contributed by atoms with Crippen molar-refractivity contribution < 1.29 is 14.3 Å². The van der Waals surface area contributed by atoms with Crippen molar-refractivity contribution in [1.29, 1.82) is 0 Å². The van der Waals surface area contributed by atoms with E-state index in [0.717, 1.165) is 5.56 Å². The zero-order chi connectivity index (χ0) is 16.8. The van der Waals surface area contributed by atoms with Gasteiger partial charge in [0.25, 0.3) is 5.91 Å². The predicted octanol–water partition coefficient (Wildman–Crippen LogP) is 3.51. The van der Waals surface area contributed by atoms with E-state index in [1.54, 1.807) is 31.2 Å². The number of hydrogen-bond donors (Lipinski definition) is 1. The molecule has 120 valence electrons. The van der Waals surface area contributed by atoms with Gasteiger partial charge in [0.05, 0.1) is 19.9 Å². The molecule has 1 N–H and O–H groups in total. The molecule has 0 fully saturated rings. The Bertz CT molecular complexity index is 744. The van der Waals surface area contributed by atoms with Gasteiger partial charge in [0, 0.05) is 16.1 Å². The van der Waals surface area contributed by atoms with Crippen molar-refractivity contribution in [3.05, 3.63) is 58.6 Å². The molecule has 0 aliphatic heterocycles. The first-order valence-corrected chi connectivity index (χ1v) is 7.26. The molecule has 0 saturated carbocycles. The number of hydrazone groups is 1. The Morgan fingerprint density at radius 3 is 2.43 bits per heavy atom. The standard InChI is InChI=1S/C17H17ClN2O3/c1-11(13-6-4-5-7-14(13)18)19-20-17(21)12-8-9-15(22-2)16(10-12)23-3/h4-10H,1-3H3,(H,20,21)/b19-11+. The van der Waals surface area contributed by atoms with Crippen molar-refractivity contribution in [2.45, 2.75) is 6.92 Å². The topological polar surface area (TPSA) is 59.9 Å². The SMILES string of the molecule is COc1ccc(C(=O)N/N=C(\C)c2ccccc2Cl)cc1OC. The molecule has 0 bridgehead atoms. The summed E-state index contributed by atoms with van der Waals surface area (Å²) in [6.45, 7) is 1.77. The Labute approximate surface area is 139 Å². The number of carbonyl (C=O) groups excluding carboxylic acids is 1. The summed E-state index contributed by atoms with van der Waals surface area (Å²) in [4.78, 5) is 12.2. The van der Waals surface area contributed by atoms with Crippen molar-refractivity contribution >= 4 is 23.2 Å². The minimum Gasteiger partial charge on any atom is -0.493 e. The van der Waals surface area contributed by atoms with Gasteiger partial charge in [-0.05, 0) is 31.2 Å². The third-order valence-electron chi connectivity index (χ3n) is 3.23. The Hall–Kier alpha value is -2.53. The molecule has 0 aromatic heterocycles. The molecular weight excluding hydrogens is 316 g/mol. The summed E-state index contributed by atoms with van der Waals surface area (Å²) in [6, 6.07) is 12.2. The first kappa shape index (κ1) is 16.8. The molecule has 0 radical (unpaired) electrons. The molecule has 0 aliphatic carbocycles. The summed E-state index contributed by atoms with van der Waals surface area (Å²) in [5, 5.41) is 4.67. The van der Waals surface area contributed by atoms with E-state index >= 15 is 0 Å². The molecule has 2 aromatic carbocycles. The summed E-state index contributed by atoms with van der Waals surface area (Å²) in [7, 11) is 3.05. The smallest absolute Gasteiger partial charge is 0.271 e. The number of methoxy groups -OCH3 is 2. The van der Waals surface area contributed by atoms with Crippen LogP contribution in [-0.2, 0) is 0 Å². The van der Waals surface area contributed by atoms with Gasteiger partial charge in [-0.15, -0.1) is 0 Å². The predicted molar refractivity (Wildman–Crippen MR) is 90.7 cm³/mol. The second kappa shape index (κ2) is 7.65. The summed E-state index contributed by atoms with van der Waals surface area (Å²) < 4.78 is 10.3. The average Bonchev–Trinajstić information content (AvgIpc) is 2.59. The molecule has 5 nitrogen and oxygen atoms in total. The highest BCUT2D eigenvalue weighted by Gasteiger charge is 2.10. The van der Waals surface area contributed by atoms with Crippen LogP contribution in [0.4, 0.5) is 0 Å². The Kier molecular flexibility index (Phi) is 5.60. The van der Waals surface area contributed by atoms with Gasteiger partial charge in [0.15, 0.2) is 11.5 Å². The van der Waals surface area contributed by atoms with Crippen LogP contribution in [-0.4, -0.2) is 25.8 Å². The highest BCUT2D eigenvalue weighted by atomic mass is 35.5. The van der Waals surface area contributed by atoms with E-state index in [1.165, 1.54) is 14.2 Å². The lowest BCUT2D eigenvalue weighted by molar-refractivity contribution is 0.0954. The zero-order valence-corrected chi connectivity index (χ0v) is 13.8. The lowest BCUT2D eigenvalue weighted by atomic mass is 10.1. The first-order valence-electron chi connectivity index (χ1n) is 6.88. The van der Waals surface area contributed by atoms with Crippen LogP contribution < -0.4 is 14.9 Å². The van der Waals surface area contributed by atoms with Gasteiger partial charge in [0.2, 0.25) is 0 Å². The molecule has 0 spiro atoms. The quantitative estimate of drug-likeness (QED) is 0.673. The lowest BCUT2D eigenvalue weighted by Crippen LogP contribution is -2.19. The van der Waals surface area contributed by atoms with E-state index in [1.807, 2.05) is 18.2 Å². The largest absolute Gasteiger partial charge is 0.493 e. The Morgan fingerprint density at radius 2 is 1.78 bits per heavy atom. The molecule has 23 heavy (non-hydrogen) atoms. The highest BCUT2D eigenvalue weighted by Crippen LogP contribution is 2.27. The van der Waals surface area contributed by atoms with E-state index in [9.17, 15) is 4.79 Å². The molecule has 2 aromatic rings. The Balaban J connectivity index is 2.16. The van der Waals surface area contributed by atoms with E-state index < -0.39 is 0 Å². The lowest BCUT2D eigenvalue weighted by Gasteiger charge is -2.09. The molecule has 0 unspecified atom stereocenters. The van der Waals surface area contributed by atoms with E-state index in [2.05, 4.69) is 10.5 Å². The maximum Gasteiger partial charge on any atom is 0.271 e. The minimum absolute atomic E-state index is 0.350. The first-order chi connectivity index (χ1) is 11.1. The van der Waals surface area contributed by atoms with Gasteiger partial charge in [-0.25, -0.2) is 5.43 Å². The van der Waals surface area contributed by atoms with Crippen LogP contribution in [0.5, 0.6) is 11.5 Å². The van der Waals surface area contributed by atoms with Gasteiger partial charge in [0.1, 0.15) is 0 Å². The number of benzene rings is 2. The van der Waals surface area contributed by atoms with Gasteiger partial charge < -0.3 is 9.47 Å². The van der Waals surface area contributed by atoms with Gasteiger partial charge in [-0.3, -0.25) is 4.79 Å². The second-order valence-electron chi connectivity index (χ2n) is 4.69. The normalized spacial score (nSPS) is 11.0. The van der Waals surface area contributed by atoms with Crippen molar-refractivity contribution in [2.24, 2.45) is 5.10 Å². The van der Waals surface area contributed by atoms with E-state index in [-0.39, 0.29) is 5.91 Å². The minimum atomic E-state index is -0.350. The maximum absolute atomic E-state index is 12.2. The van der Waals surface area contributed by atoms with E-state index in [4.69, 9.17) is 21.1 Å². The van der Waals surface area contributed by atoms with Crippen LogP contribution in [0.3, 0.4) is 0 Å². The summed E-state index contributed by atoms with van der Waals surface area (Å²) >= 11 is 6.10. The number of carbonyl (C=O) groups is 1. The number of hydrogen-bond acceptors (Lipinski definition) is 4. The number of ether oxygens (including phenoxy) is 2. The number of amides is 1. The van der Waals surface area contributed by atoms with Crippen LogP contribution in [0.25, 0.3) is 0 Å². The van der Waals surface area contributed by atoms with Crippen molar-refractivity contribution in [1.82, 2.24) is 5.43 Å². The zero-order valence-electron chi connectivity index (χ0n) is 13.1. The number of nitrogens with one attached hydrogen (secondary N) is 1. The molecule has 0 atom stereocenters. The molecule has 0 aliphatic rings. The van der Waals surface area contributed by atoms with Gasteiger partial charge in [-0.1, -0.05) is 29.8 Å². The number of rotatable bonds is 5. The maximum atomic E-state index is 12.2. The fraction of sp³-hybridized carbons (Fsp3) is 0.176. The fourth-order valence-electron chi connectivity index (χ4n) is 1.99. The number of nitrogens with zero attached hydrogens (tertiary/aromatic N) is 1. The third kappa shape index (κ3) is 4.02. The second-order valence-corrected chi connectivity index (χ2v) is 5.09. The van der Waals surface area contributed by atoms with Gasteiger partial charge in [-0.2, -0.15) is 5.10 Å². The van der Waals surface area contributed by atoms with Crippen LogP contribution in [0.15, 0.2) is 47.6 Å². The van der Waals surface area contributed by atoms with E-state index in [0.29, 0.717) is 27.8 Å². The molecular formula is C17H17ClN2O3. The molecule has 6 heteroatoms. The van der Waals surface area contributed by atoms with Crippen LogP contribution >= 0.6 is 11.6 Å². The molecule has 1 amide bonds. The summed E-state index contributed by atoms with van der Waals surface area (Å²) in [5.41, 5.74) is 4.30.